The molecule has 4 aromatic heterocycles. The summed E-state index contributed by atoms with van der Waals surface area (Å²) >= 11 is 3.95. The molecule has 4 heterocycles. The molecule has 0 unspecified atom stereocenters. The van der Waals surface area contributed by atoms with E-state index in [0.717, 1.165) is 59.7 Å². The lowest BCUT2D eigenvalue weighted by Crippen LogP contribution is -1.93. The van der Waals surface area contributed by atoms with Crippen LogP contribution in [0.2, 0.25) is 0 Å². The Morgan fingerprint density at radius 3 is 1.32 bits per heavy atom. The minimum absolute atomic E-state index is 0.748. The predicted octanol–water partition coefficient (Wildman–Crippen LogP) is 12.4. The van der Waals surface area contributed by atoms with Crippen LogP contribution in [0.25, 0.3) is 98.9 Å². The van der Waals surface area contributed by atoms with Gasteiger partial charge < -0.3 is 18.0 Å². The summed E-state index contributed by atoms with van der Waals surface area (Å²) in [6, 6.07) is 49.5. The van der Waals surface area contributed by atoms with E-state index in [1.54, 1.807) is 0 Å². The Hall–Kier alpha value is -5.78. The maximum absolute atomic E-state index is 6.60. The quantitative estimate of drug-likeness (QED) is 0.184. The Balaban J connectivity index is 1.15. The first-order chi connectivity index (χ1) is 23.2. The molecule has 0 radical (unpaired) electrons. The summed E-state index contributed by atoms with van der Waals surface area (Å²) < 4.78 is 18.8. The van der Waals surface area contributed by atoms with Crippen molar-refractivity contribution in [2.24, 2.45) is 0 Å². The molecule has 47 heavy (non-hydrogen) atoms. The molecule has 0 spiro atoms. The monoisotopic (exact) mass is 666 g/mol. The molecule has 11 aromatic rings. The van der Waals surface area contributed by atoms with E-state index in [0.29, 0.717) is 0 Å². The molecule has 0 amide bonds. The zero-order valence-corrected chi connectivity index (χ0v) is 26.5. The number of halogens is 1. The highest BCUT2D eigenvalue weighted by atomic mass is 79.9. The van der Waals surface area contributed by atoms with Crippen LogP contribution in [-0.4, -0.2) is 9.13 Å². The minimum atomic E-state index is 0.748. The first-order valence-corrected chi connectivity index (χ1v) is 16.5. The largest absolute Gasteiger partial charge is 0.452 e. The van der Waals surface area contributed by atoms with Crippen LogP contribution in [-0.2, 0) is 0 Å². The van der Waals surface area contributed by atoms with E-state index in [9.17, 15) is 0 Å². The van der Waals surface area contributed by atoms with Crippen molar-refractivity contribution in [3.63, 3.8) is 0 Å². The van der Waals surface area contributed by atoms with Crippen LogP contribution in [0.3, 0.4) is 0 Å². The van der Waals surface area contributed by atoms with Crippen LogP contribution in [0.15, 0.2) is 153 Å². The Labute approximate surface area is 275 Å². The van der Waals surface area contributed by atoms with E-state index in [-0.39, 0.29) is 0 Å². The summed E-state index contributed by atoms with van der Waals surface area (Å²) in [5, 5.41) is 9.09. The van der Waals surface area contributed by atoms with Gasteiger partial charge in [-0.15, -0.1) is 0 Å². The smallest absolute Gasteiger partial charge is 0.179 e. The number of hydrogen-bond acceptors (Lipinski definition) is 2. The number of benzene rings is 7. The maximum Gasteiger partial charge on any atom is 0.179 e. The van der Waals surface area contributed by atoms with Gasteiger partial charge in [0.2, 0.25) is 0 Å². The van der Waals surface area contributed by atoms with E-state index >= 15 is 0 Å². The van der Waals surface area contributed by atoms with Crippen molar-refractivity contribution < 1.29 is 8.83 Å². The van der Waals surface area contributed by atoms with Crippen molar-refractivity contribution in [2.75, 3.05) is 0 Å². The van der Waals surface area contributed by atoms with E-state index < -0.39 is 0 Å². The maximum atomic E-state index is 6.60. The van der Waals surface area contributed by atoms with Crippen molar-refractivity contribution in [3.8, 4) is 11.4 Å². The third-order valence-corrected chi connectivity index (χ3v) is 10.4. The second kappa shape index (κ2) is 9.15. The highest BCUT2D eigenvalue weighted by Crippen LogP contribution is 2.44. The van der Waals surface area contributed by atoms with E-state index in [1.807, 2.05) is 0 Å². The van der Waals surface area contributed by atoms with Crippen LogP contribution in [0.5, 0.6) is 0 Å². The van der Waals surface area contributed by atoms with Crippen molar-refractivity contribution in [3.05, 3.63) is 144 Å². The zero-order chi connectivity index (χ0) is 30.8. The topological polar surface area (TPSA) is 36.1 Å². The lowest BCUT2D eigenvalue weighted by molar-refractivity contribution is 0.633. The number of fused-ring (bicyclic) bond motifs is 13. The summed E-state index contributed by atoms with van der Waals surface area (Å²) in [5.74, 6) is 0. The summed E-state index contributed by atoms with van der Waals surface area (Å²) in [5.41, 5.74) is 10.1. The Morgan fingerprint density at radius 2 is 0.809 bits per heavy atom. The van der Waals surface area contributed by atoms with E-state index in [2.05, 4.69) is 165 Å². The summed E-state index contributed by atoms with van der Waals surface area (Å²) in [4.78, 5) is 0. The number of nitrogens with zero attached hydrogens (tertiary/aromatic N) is 2. The normalized spacial score (nSPS) is 12.4. The molecule has 0 aliphatic rings. The van der Waals surface area contributed by atoms with Gasteiger partial charge in [-0.25, -0.2) is 0 Å². The minimum Gasteiger partial charge on any atom is -0.452 e. The third kappa shape index (κ3) is 3.36. The van der Waals surface area contributed by atoms with Crippen molar-refractivity contribution in [2.45, 2.75) is 0 Å². The number of rotatable bonds is 2. The molecule has 0 saturated carbocycles. The van der Waals surface area contributed by atoms with Gasteiger partial charge in [-0.3, -0.25) is 0 Å². The Morgan fingerprint density at radius 1 is 0.383 bits per heavy atom. The fourth-order valence-electron chi connectivity index (χ4n) is 7.78. The van der Waals surface area contributed by atoms with Crippen molar-refractivity contribution in [1.29, 1.82) is 0 Å². The van der Waals surface area contributed by atoms with Gasteiger partial charge >= 0.3 is 0 Å². The third-order valence-electron chi connectivity index (χ3n) is 9.77. The number of hydrogen-bond donors (Lipinski definition) is 0. The fraction of sp³-hybridized carbons (Fsp3) is 0. The zero-order valence-electron chi connectivity index (χ0n) is 24.9. The SMILES string of the molecule is Brc1cc2c3cc(-n4c5ccccc5c5ccccc54)ccc3oc2c2oc3ccc(-n4c5ccccc5c5ccccc54)cc3c12. The summed E-state index contributed by atoms with van der Waals surface area (Å²) in [6.45, 7) is 0. The van der Waals surface area contributed by atoms with Gasteiger partial charge in [0.25, 0.3) is 0 Å². The predicted molar refractivity (Wildman–Crippen MR) is 197 cm³/mol. The van der Waals surface area contributed by atoms with Gasteiger partial charge in [-0.1, -0.05) is 72.8 Å². The lowest BCUT2D eigenvalue weighted by Gasteiger charge is -2.08. The molecule has 0 aliphatic carbocycles. The van der Waals surface area contributed by atoms with Crippen molar-refractivity contribution in [1.82, 2.24) is 9.13 Å². The van der Waals surface area contributed by atoms with Gasteiger partial charge in [0.05, 0.1) is 22.1 Å². The van der Waals surface area contributed by atoms with Crippen LogP contribution in [0, 0.1) is 0 Å². The molecule has 0 aliphatic heterocycles. The average molecular weight is 668 g/mol. The fourth-order valence-corrected chi connectivity index (χ4v) is 8.40. The number of aromatic nitrogens is 2. The highest BCUT2D eigenvalue weighted by molar-refractivity contribution is 9.10. The van der Waals surface area contributed by atoms with Gasteiger partial charge in [0.15, 0.2) is 11.2 Å². The molecule has 220 valence electrons. The highest BCUT2D eigenvalue weighted by Gasteiger charge is 2.21. The molecule has 0 fully saturated rings. The lowest BCUT2D eigenvalue weighted by atomic mass is 10.1. The Bertz CT molecular complexity index is 2990. The van der Waals surface area contributed by atoms with Gasteiger partial charge in [-0.2, -0.15) is 0 Å². The second-order valence-electron chi connectivity index (χ2n) is 12.2. The standard InChI is InChI=1S/C42H23BrN2O2/c43-33-23-31-30-21-24(44-34-13-5-1-9-26(34)27-10-2-6-14-35(27)44)17-19-38(30)46-41(31)42-40(33)32-22-25(18-20-39(32)47-42)45-36-15-7-3-11-28(36)29-12-4-8-16-37(29)45/h1-23H. The molecule has 7 aromatic carbocycles. The van der Waals surface area contributed by atoms with E-state index in [4.69, 9.17) is 8.83 Å². The average Bonchev–Trinajstić information content (AvgIpc) is 3.86. The molecule has 4 nitrogen and oxygen atoms in total. The molecule has 0 N–H and O–H groups in total. The molecular formula is C42H23BrN2O2. The van der Waals surface area contributed by atoms with Crippen LogP contribution < -0.4 is 0 Å². The van der Waals surface area contributed by atoms with Gasteiger partial charge in [0, 0.05) is 58.9 Å². The molecule has 0 atom stereocenters. The number of para-hydroxylation sites is 4. The Kier molecular flexibility index (Phi) is 4.95. The second-order valence-corrected chi connectivity index (χ2v) is 13.1. The van der Waals surface area contributed by atoms with E-state index in [1.165, 1.54) is 43.6 Å². The van der Waals surface area contributed by atoms with Crippen LogP contribution >= 0.6 is 15.9 Å². The molecule has 0 bridgehead atoms. The molecule has 0 saturated heterocycles. The van der Waals surface area contributed by atoms with Gasteiger partial charge in [-0.05, 0) is 82.7 Å². The van der Waals surface area contributed by atoms with Crippen LogP contribution in [0.4, 0.5) is 0 Å². The van der Waals surface area contributed by atoms with Gasteiger partial charge in [0.1, 0.15) is 11.2 Å². The van der Waals surface area contributed by atoms with Crippen LogP contribution in [0.1, 0.15) is 0 Å². The molecular weight excluding hydrogens is 644 g/mol. The first kappa shape index (κ1) is 25.4. The molecule has 5 heteroatoms. The molecule has 11 rings (SSSR count). The number of furan rings is 2. The first-order valence-electron chi connectivity index (χ1n) is 15.7. The summed E-state index contributed by atoms with van der Waals surface area (Å²) in [6.07, 6.45) is 0. The van der Waals surface area contributed by atoms with Crippen molar-refractivity contribution >= 4 is 103 Å². The summed E-state index contributed by atoms with van der Waals surface area (Å²) in [7, 11) is 0.